The number of aliphatic carboxylic acids is 1. The van der Waals surface area contributed by atoms with Gasteiger partial charge in [0.25, 0.3) is 0 Å². The van der Waals surface area contributed by atoms with Crippen molar-refractivity contribution in [1.29, 1.82) is 0 Å². The van der Waals surface area contributed by atoms with Crippen LogP contribution < -0.4 is 5.32 Å². The molecule has 2 aromatic rings. The quantitative estimate of drug-likeness (QED) is 0.840. The first-order chi connectivity index (χ1) is 11.6. The normalized spacial score (nSPS) is 20.9. The van der Waals surface area contributed by atoms with Crippen LogP contribution in [-0.2, 0) is 9.59 Å². The molecule has 1 aliphatic carbocycles. The molecule has 1 amide bonds. The number of aromatic nitrogens is 2. The molecule has 1 heterocycles. The predicted molar refractivity (Wildman–Crippen MR) is 85.0 cm³/mol. The second-order valence-electron chi connectivity index (χ2n) is 6.10. The summed E-state index contributed by atoms with van der Waals surface area (Å²) in [5, 5.41) is 15.7. The highest BCUT2D eigenvalue weighted by Crippen LogP contribution is 2.34. The molecule has 0 radical (unpaired) electrons. The molecule has 24 heavy (non-hydrogen) atoms. The highest BCUT2D eigenvalue weighted by Gasteiger charge is 2.41. The highest BCUT2D eigenvalue weighted by molar-refractivity contribution is 5.86. The SMILES string of the molecule is CC(CNC(=O)C1CCC1C(=O)O)c1nc(-c2ccccc2)no1. The smallest absolute Gasteiger partial charge is 0.307 e. The van der Waals surface area contributed by atoms with E-state index in [-0.39, 0.29) is 11.8 Å². The fraction of sp³-hybridized carbons (Fsp3) is 0.412. The van der Waals surface area contributed by atoms with Gasteiger partial charge in [-0.25, -0.2) is 0 Å². The summed E-state index contributed by atoms with van der Waals surface area (Å²) in [6.45, 7) is 2.20. The summed E-state index contributed by atoms with van der Waals surface area (Å²) < 4.78 is 5.27. The average molecular weight is 329 g/mol. The van der Waals surface area contributed by atoms with Crippen molar-refractivity contribution in [1.82, 2.24) is 15.5 Å². The number of nitrogens with zero attached hydrogens (tertiary/aromatic N) is 2. The predicted octanol–water partition coefficient (Wildman–Crippen LogP) is 2.07. The molecule has 3 atom stereocenters. The number of hydrogen-bond donors (Lipinski definition) is 2. The molecular weight excluding hydrogens is 310 g/mol. The lowest BCUT2D eigenvalue weighted by atomic mass is 9.73. The minimum Gasteiger partial charge on any atom is -0.481 e. The fourth-order valence-electron chi connectivity index (χ4n) is 2.72. The van der Waals surface area contributed by atoms with Gasteiger partial charge < -0.3 is 14.9 Å². The minimum atomic E-state index is -0.904. The number of carbonyl (C=O) groups excluding carboxylic acids is 1. The zero-order valence-corrected chi connectivity index (χ0v) is 13.3. The van der Waals surface area contributed by atoms with E-state index in [4.69, 9.17) is 9.63 Å². The van der Waals surface area contributed by atoms with Gasteiger partial charge in [-0.05, 0) is 12.8 Å². The van der Waals surface area contributed by atoms with Crippen LogP contribution >= 0.6 is 0 Å². The zero-order chi connectivity index (χ0) is 17.1. The van der Waals surface area contributed by atoms with Gasteiger partial charge >= 0.3 is 5.97 Å². The molecule has 1 aliphatic rings. The van der Waals surface area contributed by atoms with Crippen LogP contribution in [-0.4, -0.2) is 33.7 Å². The van der Waals surface area contributed by atoms with Crippen molar-refractivity contribution in [3.63, 3.8) is 0 Å². The number of carboxylic acids is 1. The lowest BCUT2D eigenvalue weighted by Gasteiger charge is -2.32. The average Bonchev–Trinajstić information content (AvgIpc) is 3.02. The summed E-state index contributed by atoms with van der Waals surface area (Å²) >= 11 is 0. The van der Waals surface area contributed by atoms with E-state index in [1.165, 1.54) is 0 Å². The number of rotatable bonds is 6. The van der Waals surface area contributed by atoms with Gasteiger partial charge in [-0.1, -0.05) is 42.4 Å². The Kier molecular flexibility index (Phi) is 4.59. The molecule has 1 fully saturated rings. The van der Waals surface area contributed by atoms with Gasteiger partial charge in [0, 0.05) is 12.1 Å². The second-order valence-corrected chi connectivity index (χ2v) is 6.10. The Balaban J connectivity index is 1.56. The van der Waals surface area contributed by atoms with Gasteiger partial charge in [-0.2, -0.15) is 4.98 Å². The standard InChI is InChI=1S/C17H19N3O4/c1-10(9-18-15(21)12-7-8-13(12)17(22)23)16-19-14(20-24-16)11-5-3-2-4-6-11/h2-6,10,12-13H,7-9H2,1H3,(H,18,21)(H,22,23). The first-order valence-corrected chi connectivity index (χ1v) is 7.96. The summed E-state index contributed by atoms with van der Waals surface area (Å²) in [6.07, 6.45) is 1.18. The molecule has 0 aliphatic heterocycles. The van der Waals surface area contributed by atoms with Crippen LogP contribution in [0.1, 0.15) is 31.6 Å². The van der Waals surface area contributed by atoms with Crippen molar-refractivity contribution >= 4 is 11.9 Å². The monoisotopic (exact) mass is 329 g/mol. The summed E-state index contributed by atoms with van der Waals surface area (Å²) in [7, 11) is 0. The maximum Gasteiger partial charge on any atom is 0.307 e. The number of carboxylic acid groups (broad SMARTS) is 1. The fourth-order valence-corrected chi connectivity index (χ4v) is 2.72. The first kappa shape index (κ1) is 16.2. The number of carbonyl (C=O) groups is 2. The van der Waals surface area contributed by atoms with Gasteiger partial charge in [0.2, 0.25) is 17.6 Å². The van der Waals surface area contributed by atoms with Crippen molar-refractivity contribution in [2.75, 3.05) is 6.54 Å². The maximum atomic E-state index is 12.1. The van der Waals surface area contributed by atoms with Crippen molar-refractivity contribution in [2.24, 2.45) is 11.8 Å². The van der Waals surface area contributed by atoms with Crippen LogP contribution in [0.4, 0.5) is 0 Å². The van der Waals surface area contributed by atoms with Crippen LogP contribution in [0.25, 0.3) is 11.4 Å². The van der Waals surface area contributed by atoms with Crippen molar-refractivity contribution in [3.05, 3.63) is 36.2 Å². The number of amides is 1. The molecule has 0 bridgehead atoms. The molecular formula is C17H19N3O4. The Morgan fingerprint density at radius 1 is 1.29 bits per heavy atom. The third-order valence-electron chi connectivity index (χ3n) is 4.41. The van der Waals surface area contributed by atoms with Crippen LogP contribution in [0.2, 0.25) is 0 Å². The molecule has 1 aromatic heterocycles. The molecule has 2 N–H and O–H groups in total. The van der Waals surface area contributed by atoms with Crippen molar-refractivity contribution in [2.45, 2.75) is 25.7 Å². The molecule has 7 nitrogen and oxygen atoms in total. The van der Waals surface area contributed by atoms with Gasteiger partial charge in [0.05, 0.1) is 17.8 Å². The van der Waals surface area contributed by atoms with Crippen LogP contribution in [0.3, 0.4) is 0 Å². The zero-order valence-electron chi connectivity index (χ0n) is 13.3. The van der Waals surface area contributed by atoms with Gasteiger partial charge in [0.15, 0.2) is 0 Å². The third-order valence-corrected chi connectivity index (χ3v) is 4.41. The van der Waals surface area contributed by atoms with Crippen LogP contribution in [0.15, 0.2) is 34.9 Å². The number of nitrogens with one attached hydrogen (secondary N) is 1. The van der Waals surface area contributed by atoms with E-state index in [0.717, 1.165) is 5.56 Å². The lowest BCUT2D eigenvalue weighted by molar-refractivity contribution is -0.152. The van der Waals surface area contributed by atoms with E-state index in [9.17, 15) is 9.59 Å². The van der Waals surface area contributed by atoms with E-state index in [2.05, 4.69) is 15.5 Å². The topological polar surface area (TPSA) is 105 Å². The maximum absolute atomic E-state index is 12.1. The first-order valence-electron chi connectivity index (χ1n) is 7.96. The second kappa shape index (κ2) is 6.82. The summed E-state index contributed by atoms with van der Waals surface area (Å²) in [5.41, 5.74) is 0.863. The Morgan fingerprint density at radius 2 is 2.00 bits per heavy atom. The molecule has 0 spiro atoms. The van der Waals surface area contributed by atoms with Crippen molar-refractivity contribution in [3.8, 4) is 11.4 Å². The van der Waals surface area contributed by atoms with E-state index < -0.39 is 17.8 Å². The molecule has 7 heteroatoms. The largest absolute Gasteiger partial charge is 0.481 e. The van der Waals surface area contributed by atoms with E-state index >= 15 is 0 Å². The Bertz CT molecular complexity index is 728. The van der Waals surface area contributed by atoms with Gasteiger partial charge in [0.1, 0.15) is 0 Å². The summed E-state index contributed by atoms with van der Waals surface area (Å²) in [6, 6.07) is 9.49. The summed E-state index contributed by atoms with van der Waals surface area (Å²) in [4.78, 5) is 27.4. The minimum absolute atomic E-state index is 0.151. The Hall–Kier alpha value is -2.70. The van der Waals surface area contributed by atoms with E-state index in [1.807, 2.05) is 37.3 Å². The van der Waals surface area contributed by atoms with Gasteiger partial charge in [-0.15, -0.1) is 0 Å². The Labute approximate surface area is 139 Å². The van der Waals surface area contributed by atoms with E-state index in [1.54, 1.807) is 0 Å². The van der Waals surface area contributed by atoms with E-state index in [0.29, 0.717) is 31.1 Å². The highest BCUT2D eigenvalue weighted by atomic mass is 16.5. The lowest BCUT2D eigenvalue weighted by Crippen LogP contribution is -2.44. The Morgan fingerprint density at radius 3 is 2.62 bits per heavy atom. The molecule has 3 rings (SSSR count). The molecule has 126 valence electrons. The number of hydrogen-bond acceptors (Lipinski definition) is 5. The molecule has 1 saturated carbocycles. The third kappa shape index (κ3) is 3.29. The number of benzene rings is 1. The molecule has 3 unspecified atom stereocenters. The van der Waals surface area contributed by atoms with Crippen LogP contribution in [0, 0.1) is 11.8 Å². The summed E-state index contributed by atoms with van der Waals surface area (Å²) in [5.74, 6) is -1.32. The molecule has 1 aromatic carbocycles. The van der Waals surface area contributed by atoms with Gasteiger partial charge in [-0.3, -0.25) is 9.59 Å². The van der Waals surface area contributed by atoms with Crippen LogP contribution in [0.5, 0.6) is 0 Å². The molecule has 0 saturated heterocycles. The van der Waals surface area contributed by atoms with Crippen molar-refractivity contribution < 1.29 is 19.2 Å².